The van der Waals surface area contributed by atoms with Gasteiger partial charge in [-0.2, -0.15) is 5.10 Å². The number of hydrogen-bond donors (Lipinski definition) is 1. The lowest BCUT2D eigenvalue weighted by atomic mass is 10.1. The zero-order valence-corrected chi connectivity index (χ0v) is 8.90. The third kappa shape index (κ3) is 1.80. The van der Waals surface area contributed by atoms with Crippen molar-refractivity contribution in [2.24, 2.45) is 5.73 Å². The van der Waals surface area contributed by atoms with E-state index in [-0.39, 0.29) is 6.04 Å². The van der Waals surface area contributed by atoms with E-state index in [1.54, 1.807) is 0 Å². The number of rotatable bonds is 2. The Balaban J connectivity index is 2.21. The van der Waals surface area contributed by atoms with Crippen LogP contribution >= 0.6 is 0 Å². The van der Waals surface area contributed by atoms with Gasteiger partial charge in [0, 0.05) is 18.9 Å². The van der Waals surface area contributed by atoms with Crippen LogP contribution < -0.4 is 5.73 Å². The molecule has 2 N–H and O–H groups in total. The number of aryl methyl sites for hydroxylation is 1. The third-order valence-corrected chi connectivity index (χ3v) is 2.69. The maximum atomic E-state index is 5.73. The predicted molar refractivity (Wildman–Crippen MR) is 55.0 cm³/mol. The molecule has 0 saturated heterocycles. The molecule has 0 aliphatic carbocycles. The zero-order chi connectivity index (χ0) is 10.1. The fourth-order valence-corrected chi connectivity index (χ4v) is 1.98. The molecular weight excluding hydrogens is 176 g/mol. The molecule has 2 atom stereocenters. The molecule has 14 heavy (non-hydrogen) atoms. The average molecular weight is 194 g/mol. The SMILES string of the molecule is CC(N)Cc1nc2n(n1)C(C)CCC2. The van der Waals surface area contributed by atoms with E-state index in [4.69, 9.17) is 5.73 Å². The predicted octanol–water partition coefficient (Wildman–Crippen LogP) is 1.07. The van der Waals surface area contributed by atoms with Crippen LogP contribution in [0.3, 0.4) is 0 Å². The summed E-state index contributed by atoms with van der Waals surface area (Å²) in [6.45, 7) is 4.19. The normalized spacial score (nSPS) is 23.2. The van der Waals surface area contributed by atoms with E-state index < -0.39 is 0 Å². The fraction of sp³-hybridized carbons (Fsp3) is 0.800. The minimum atomic E-state index is 0.148. The second-order valence-electron chi connectivity index (χ2n) is 4.31. The van der Waals surface area contributed by atoms with Gasteiger partial charge in [-0.1, -0.05) is 0 Å². The Bertz CT molecular complexity index is 316. The van der Waals surface area contributed by atoms with Crippen molar-refractivity contribution >= 4 is 0 Å². The van der Waals surface area contributed by atoms with Crippen molar-refractivity contribution in [1.29, 1.82) is 0 Å². The standard InChI is InChI=1S/C10H18N4/c1-7(11)6-9-12-10-5-3-4-8(2)14(10)13-9/h7-8H,3-6,11H2,1-2H3. The van der Waals surface area contributed by atoms with Gasteiger partial charge in [-0.3, -0.25) is 0 Å². The van der Waals surface area contributed by atoms with Crippen molar-refractivity contribution in [3.8, 4) is 0 Å². The third-order valence-electron chi connectivity index (χ3n) is 2.69. The number of nitrogens with two attached hydrogens (primary N) is 1. The minimum absolute atomic E-state index is 0.148. The Kier molecular flexibility index (Phi) is 2.54. The number of fused-ring (bicyclic) bond motifs is 1. The van der Waals surface area contributed by atoms with Crippen molar-refractivity contribution < 1.29 is 0 Å². The molecule has 2 heterocycles. The molecular formula is C10H18N4. The van der Waals surface area contributed by atoms with Gasteiger partial charge in [-0.25, -0.2) is 9.67 Å². The summed E-state index contributed by atoms with van der Waals surface area (Å²) in [5, 5.41) is 4.50. The second-order valence-corrected chi connectivity index (χ2v) is 4.31. The van der Waals surface area contributed by atoms with Crippen molar-refractivity contribution in [2.45, 2.75) is 51.6 Å². The van der Waals surface area contributed by atoms with Gasteiger partial charge in [0.05, 0.1) is 6.04 Å². The molecule has 0 radical (unpaired) electrons. The summed E-state index contributed by atoms with van der Waals surface area (Å²) in [7, 11) is 0. The molecule has 2 rings (SSSR count). The van der Waals surface area contributed by atoms with Crippen LogP contribution in [0.5, 0.6) is 0 Å². The first-order valence-corrected chi connectivity index (χ1v) is 5.36. The molecule has 0 aromatic carbocycles. The molecule has 0 fully saturated rings. The zero-order valence-electron chi connectivity index (χ0n) is 8.90. The summed E-state index contributed by atoms with van der Waals surface area (Å²) < 4.78 is 2.07. The maximum absolute atomic E-state index is 5.73. The van der Waals surface area contributed by atoms with Crippen molar-refractivity contribution in [2.75, 3.05) is 0 Å². The lowest BCUT2D eigenvalue weighted by Crippen LogP contribution is -2.19. The van der Waals surface area contributed by atoms with Crippen LogP contribution in [0, 0.1) is 0 Å². The quantitative estimate of drug-likeness (QED) is 0.766. The van der Waals surface area contributed by atoms with Crippen LogP contribution in [-0.4, -0.2) is 20.8 Å². The first kappa shape index (κ1) is 9.65. The highest BCUT2D eigenvalue weighted by Crippen LogP contribution is 2.22. The molecule has 0 amide bonds. The topological polar surface area (TPSA) is 56.7 Å². The van der Waals surface area contributed by atoms with Gasteiger partial charge >= 0.3 is 0 Å². The Labute approximate surface area is 84.5 Å². The summed E-state index contributed by atoms with van der Waals surface area (Å²) in [5.74, 6) is 2.04. The largest absolute Gasteiger partial charge is 0.328 e. The van der Waals surface area contributed by atoms with E-state index >= 15 is 0 Å². The van der Waals surface area contributed by atoms with Gasteiger partial charge in [0.1, 0.15) is 5.82 Å². The van der Waals surface area contributed by atoms with Crippen molar-refractivity contribution in [1.82, 2.24) is 14.8 Å². The summed E-state index contributed by atoms with van der Waals surface area (Å²) in [4.78, 5) is 4.51. The summed E-state index contributed by atoms with van der Waals surface area (Å²) in [6.07, 6.45) is 4.30. The van der Waals surface area contributed by atoms with E-state index in [1.165, 1.54) is 12.8 Å². The van der Waals surface area contributed by atoms with Gasteiger partial charge in [-0.05, 0) is 26.7 Å². The van der Waals surface area contributed by atoms with E-state index in [2.05, 4.69) is 21.7 Å². The van der Waals surface area contributed by atoms with Crippen molar-refractivity contribution in [3.05, 3.63) is 11.6 Å². The van der Waals surface area contributed by atoms with E-state index in [0.29, 0.717) is 6.04 Å². The number of nitrogens with zero attached hydrogens (tertiary/aromatic N) is 3. The highest BCUT2D eigenvalue weighted by atomic mass is 15.4. The van der Waals surface area contributed by atoms with Crippen molar-refractivity contribution in [3.63, 3.8) is 0 Å². The van der Waals surface area contributed by atoms with Gasteiger partial charge in [0.15, 0.2) is 5.82 Å². The smallest absolute Gasteiger partial charge is 0.152 e. The molecule has 78 valence electrons. The van der Waals surface area contributed by atoms with E-state index in [9.17, 15) is 0 Å². The molecule has 0 bridgehead atoms. The maximum Gasteiger partial charge on any atom is 0.152 e. The molecule has 4 heteroatoms. The van der Waals surface area contributed by atoms with E-state index in [0.717, 1.165) is 24.5 Å². The first-order valence-electron chi connectivity index (χ1n) is 5.36. The van der Waals surface area contributed by atoms with Crippen LogP contribution in [-0.2, 0) is 12.8 Å². The molecule has 1 aromatic heterocycles. The van der Waals surface area contributed by atoms with Gasteiger partial charge in [-0.15, -0.1) is 0 Å². The molecule has 0 saturated carbocycles. The van der Waals surface area contributed by atoms with Crippen LogP contribution in [0.15, 0.2) is 0 Å². The Morgan fingerprint density at radius 2 is 2.43 bits per heavy atom. The van der Waals surface area contributed by atoms with Crippen LogP contribution in [0.2, 0.25) is 0 Å². The van der Waals surface area contributed by atoms with Crippen LogP contribution in [0.1, 0.15) is 44.4 Å². The molecule has 2 unspecified atom stereocenters. The lowest BCUT2D eigenvalue weighted by Gasteiger charge is -2.18. The Morgan fingerprint density at radius 1 is 1.64 bits per heavy atom. The first-order chi connectivity index (χ1) is 6.66. The van der Waals surface area contributed by atoms with Gasteiger partial charge < -0.3 is 5.73 Å². The molecule has 1 aliphatic heterocycles. The minimum Gasteiger partial charge on any atom is -0.328 e. The molecule has 1 aliphatic rings. The van der Waals surface area contributed by atoms with Crippen LogP contribution in [0.25, 0.3) is 0 Å². The number of aromatic nitrogens is 3. The highest BCUT2D eigenvalue weighted by molar-refractivity contribution is 4.99. The summed E-state index contributed by atoms with van der Waals surface area (Å²) >= 11 is 0. The highest BCUT2D eigenvalue weighted by Gasteiger charge is 2.19. The Morgan fingerprint density at radius 3 is 3.07 bits per heavy atom. The summed E-state index contributed by atoms with van der Waals surface area (Å²) in [6, 6.07) is 0.655. The monoisotopic (exact) mass is 194 g/mol. The van der Waals surface area contributed by atoms with Crippen LogP contribution in [0.4, 0.5) is 0 Å². The Hall–Kier alpha value is -0.900. The second kappa shape index (κ2) is 3.69. The fourth-order valence-electron chi connectivity index (χ4n) is 1.98. The van der Waals surface area contributed by atoms with E-state index in [1.807, 2.05) is 6.92 Å². The number of hydrogen-bond acceptors (Lipinski definition) is 3. The lowest BCUT2D eigenvalue weighted by molar-refractivity contribution is 0.387. The van der Waals surface area contributed by atoms with Gasteiger partial charge in [0.2, 0.25) is 0 Å². The molecule has 1 aromatic rings. The molecule has 0 spiro atoms. The molecule has 4 nitrogen and oxygen atoms in total. The average Bonchev–Trinajstić information content (AvgIpc) is 2.47. The summed E-state index contributed by atoms with van der Waals surface area (Å²) in [5.41, 5.74) is 5.73. The van der Waals surface area contributed by atoms with Gasteiger partial charge in [0.25, 0.3) is 0 Å².